The number of anilines is 1. The Balaban J connectivity index is 3.04. The molecular formula is C16H22N2O. The highest BCUT2D eigenvalue weighted by Gasteiger charge is 2.14. The normalized spacial score (nSPS) is 10.3. The van der Waals surface area contributed by atoms with Crippen molar-refractivity contribution in [2.24, 2.45) is 5.92 Å². The molecule has 0 aromatic heterocycles. The molecule has 0 aliphatic heterocycles. The van der Waals surface area contributed by atoms with E-state index in [2.05, 4.69) is 31.7 Å². The molecule has 0 saturated heterocycles. The molecule has 3 heteroatoms. The molecule has 1 aromatic rings. The minimum Gasteiger partial charge on any atom is -0.370 e. The van der Waals surface area contributed by atoms with Crippen molar-refractivity contribution in [3.8, 4) is 6.07 Å². The number of carbonyl (C=O) groups is 1. The Labute approximate surface area is 115 Å². The summed E-state index contributed by atoms with van der Waals surface area (Å²) in [5.74, 6) is 0.636. The van der Waals surface area contributed by atoms with Crippen LogP contribution in [-0.2, 0) is 0 Å². The highest BCUT2D eigenvalue weighted by Crippen LogP contribution is 2.23. The number of benzene rings is 1. The Morgan fingerprint density at radius 3 is 2.47 bits per heavy atom. The van der Waals surface area contributed by atoms with Gasteiger partial charge in [-0.05, 0) is 31.0 Å². The van der Waals surface area contributed by atoms with E-state index in [1.807, 2.05) is 6.07 Å². The first kappa shape index (κ1) is 15.2. The number of aldehydes is 1. The average Bonchev–Trinajstić information content (AvgIpc) is 2.48. The highest BCUT2D eigenvalue weighted by molar-refractivity contribution is 5.78. The minimum atomic E-state index is 0.555. The number of hydrogen-bond acceptors (Lipinski definition) is 3. The Hall–Kier alpha value is -1.82. The van der Waals surface area contributed by atoms with Gasteiger partial charge in [-0.1, -0.05) is 26.7 Å². The van der Waals surface area contributed by atoms with Crippen LogP contribution in [0.15, 0.2) is 18.2 Å². The van der Waals surface area contributed by atoms with Crippen LogP contribution >= 0.6 is 0 Å². The maximum atomic E-state index is 10.8. The van der Waals surface area contributed by atoms with Crippen LogP contribution in [0.25, 0.3) is 0 Å². The van der Waals surface area contributed by atoms with Crippen LogP contribution in [0.4, 0.5) is 5.69 Å². The lowest BCUT2D eigenvalue weighted by Crippen LogP contribution is -2.29. The molecule has 0 atom stereocenters. The van der Waals surface area contributed by atoms with Crippen LogP contribution < -0.4 is 4.90 Å². The topological polar surface area (TPSA) is 44.1 Å². The van der Waals surface area contributed by atoms with Gasteiger partial charge in [0.05, 0.1) is 11.3 Å². The average molecular weight is 258 g/mol. The fourth-order valence-electron chi connectivity index (χ4n) is 2.25. The molecule has 0 saturated carbocycles. The molecule has 0 aliphatic carbocycles. The molecule has 0 N–H and O–H groups in total. The molecule has 0 unspecified atom stereocenters. The quantitative estimate of drug-likeness (QED) is 0.701. The lowest BCUT2D eigenvalue weighted by atomic mass is 10.0. The van der Waals surface area contributed by atoms with Crippen LogP contribution in [0.1, 0.15) is 49.5 Å². The molecule has 0 spiro atoms. The van der Waals surface area contributed by atoms with E-state index in [0.717, 1.165) is 37.9 Å². The number of hydrogen-bond donors (Lipinski definition) is 0. The molecule has 19 heavy (non-hydrogen) atoms. The summed E-state index contributed by atoms with van der Waals surface area (Å²) in [5.41, 5.74) is 2.07. The van der Waals surface area contributed by atoms with E-state index in [4.69, 9.17) is 0 Å². The molecule has 0 aliphatic rings. The molecule has 0 amide bonds. The van der Waals surface area contributed by atoms with Gasteiger partial charge in [-0.25, -0.2) is 0 Å². The van der Waals surface area contributed by atoms with E-state index in [0.29, 0.717) is 17.0 Å². The zero-order chi connectivity index (χ0) is 14.3. The molecule has 1 rings (SSSR count). The van der Waals surface area contributed by atoms with E-state index in [1.54, 1.807) is 12.1 Å². The molecule has 0 bridgehead atoms. The van der Waals surface area contributed by atoms with Gasteiger partial charge in [0.1, 0.15) is 12.4 Å². The number of carbonyl (C=O) groups excluding carboxylic acids is 1. The van der Waals surface area contributed by atoms with Gasteiger partial charge in [0.2, 0.25) is 0 Å². The van der Waals surface area contributed by atoms with Crippen LogP contribution in [0.5, 0.6) is 0 Å². The van der Waals surface area contributed by atoms with Crippen LogP contribution in [0, 0.1) is 17.2 Å². The van der Waals surface area contributed by atoms with Gasteiger partial charge in [0.25, 0.3) is 0 Å². The van der Waals surface area contributed by atoms with Gasteiger partial charge in [-0.2, -0.15) is 5.26 Å². The van der Waals surface area contributed by atoms with Gasteiger partial charge >= 0.3 is 0 Å². The summed E-state index contributed by atoms with van der Waals surface area (Å²) >= 11 is 0. The van der Waals surface area contributed by atoms with Gasteiger partial charge < -0.3 is 4.90 Å². The number of nitriles is 1. The SMILES string of the molecule is CCC(CC)CN(CC)c1ccc(C=O)cc1C#N. The third kappa shape index (κ3) is 3.82. The second kappa shape index (κ2) is 7.58. The van der Waals surface area contributed by atoms with E-state index in [1.165, 1.54) is 0 Å². The summed E-state index contributed by atoms with van der Waals surface area (Å²) < 4.78 is 0. The Bertz CT molecular complexity index is 458. The monoisotopic (exact) mass is 258 g/mol. The van der Waals surface area contributed by atoms with Crippen LogP contribution in [-0.4, -0.2) is 19.4 Å². The third-order valence-electron chi connectivity index (χ3n) is 3.63. The largest absolute Gasteiger partial charge is 0.370 e. The van der Waals surface area contributed by atoms with Crippen molar-refractivity contribution in [2.75, 3.05) is 18.0 Å². The standard InChI is InChI=1S/C16H22N2O/c1-4-13(5-2)11-18(6-3)16-8-7-14(12-19)9-15(16)10-17/h7-9,12-13H,4-6,11H2,1-3H3. The molecule has 0 heterocycles. The number of rotatable bonds is 7. The molecular weight excluding hydrogens is 236 g/mol. The summed E-state index contributed by atoms with van der Waals surface area (Å²) in [7, 11) is 0. The van der Waals surface area contributed by atoms with Crippen molar-refractivity contribution in [2.45, 2.75) is 33.6 Å². The lowest BCUT2D eigenvalue weighted by Gasteiger charge is -2.28. The Morgan fingerprint density at radius 2 is 2.00 bits per heavy atom. The predicted octanol–water partition coefficient (Wildman–Crippen LogP) is 3.63. The second-order valence-electron chi connectivity index (χ2n) is 4.73. The van der Waals surface area contributed by atoms with Crippen molar-refractivity contribution in [1.29, 1.82) is 5.26 Å². The fourth-order valence-corrected chi connectivity index (χ4v) is 2.25. The van der Waals surface area contributed by atoms with Crippen LogP contribution in [0.2, 0.25) is 0 Å². The fraction of sp³-hybridized carbons (Fsp3) is 0.500. The summed E-state index contributed by atoms with van der Waals surface area (Å²) in [5, 5.41) is 9.24. The first-order valence-electron chi connectivity index (χ1n) is 6.94. The van der Waals surface area contributed by atoms with Gasteiger partial charge in [-0.15, -0.1) is 0 Å². The predicted molar refractivity (Wildman–Crippen MR) is 78.5 cm³/mol. The summed E-state index contributed by atoms with van der Waals surface area (Å²) in [6.07, 6.45) is 3.06. The Kier molecular flexibility index (Phi) is 6.08. The van der Waals surface area contributed by atoms with Crippen molar-refractivity contribution in [3.05, 3.63) is 29.3 Å². The molecule has 0 radical (unpaired) electrons. The summed E-state index contributed by atoms with van der Waals surface area (Å²) in [6.45, 7) is 8.31. The maximum absolute atomic E-state index is 10.8. The van der Waals surface area contributed by atoms with Crippen molar-refractivity contribution in [1.82, 2.24) is 0 Å². The second-order valence-corrected chi connectivity index (χ2v) is 4.73. The van der Waals surface area contributed by atoms with Crippen molar-refractivity contribution < 1.29 is 4.79 Å². The van der Waals surface area contributed by atoms with Crippen molar-refractivity contribution in [3.63, 3.8) is 0 Å². The van der Waals surface area contributed by atoms with E-state index < -0.39 is 0 Å². The lowest BCUT2D eigenvalue weighted by molar-refractivity contribution is 0.112. The molecule has 0 fully saturated rings. The highest BCUT2D eigenvalue weighted by atomic mass is 16.1. The third-order valence-corrected chi connectivity index (χ3v) is 3.63. The van der Waals surface area contributed by atoms with Gasteiger partial charge in [0.15, 0.2) is 0 Å². The molecule has 3 nitrogen and oxygen atoms in total. The Morgan fingerprint density at radius 1 is 1.32 bits per heavy atom. The zero-order valence-corrected chi connectivity index (χ0v) is 12.0. The minimum absolute atomic E-state index is 0.555. The molecule has 1 aromatic carbocycles. The van der Waals surface area contributed by atoms with Gasteiger partial charge in [-0.3, -0.25) is 4.79 Å². The smallest absolute Gasteiger partial charge is 0.150 e. The van der Waals surface area contributed by atoms with Crippen molar-refractivity contribution >= 4 is 12.0 Å². The summed E-state index contributed by atoms with van der Waals surface area (Å²) in [4.78, 5) is 13.0. The molecule has 102 valence electrons. The summed E-state index contributed by atoms with van der Waals surface area (Å²) in [6, 6.07) is 7.52. The maximum Gasteiger partial charge on any atom is 0.150 e. The van der Waals surface area contributed by atoms with E-state index in [9.17, 15) is 10.1 Å². The van der Waals surface area contributed by atoms with Gasteiger partial charge in [0, 0.05) is 18.7 Å². The van der Waals surface area contributed by atoms with E-state index >= 15 is 0 Å². The number of nitrogens with zero attached hydrogens (tertiary/aromatic N) is 2. The first-order valence-corrected chi connectivity index (χ1v) is 6.94. The van der Waals surface area contributed by atoms with E-state index in [-0.39, 0.29) is 0 Å². The zero-order valence-electron chi connectivity index (χ0n) is 12.0. The first-order chi connectivity index (χ1) is 9.19. The van der Waals surface area contributed by atoms with Crippen LogP contribution in [0.3, 0.4) is 0 Å².